The summed E-state index contributed by atoms with van der Waals surface area (Å²) in [4.78, 5) is 14.0. The van der Waals surface area contributed by atoms with Gasteiger partial charge in [-0.15, -0.1) is 0 Å². The molecule has 4 N–H and O–H groups in total. The van der Waals surface area contributed by atoms with Crippen LogP contribution in [0.25, 0.3) is 10.9 Å². The van der Waals surface area contributed by atoms with Gasteiger partial charge in [0.2, 0.25) is 15.6 Å². The second kappa shape index (κ2) is 6.24. The lowest BCUT2D eigenvalue weighted by Gasteiger charge is -2.10. The molecule has 0 aliphatic heterocycles. The molecule has 0 aliphatic rings. The minimum atomic E-state index is -3.90. The fraction of sp³-hybridized carbons (Fsp3) is 0.0625. The van der Waals surface area contributed by atoms with Crippen LogP contribution in [0.2, 0.25) is 0 Å². The van der Waals surface area contributed by atoms with E-state index in [2.05, 4.69) is 9.71 Å². The van der Waals surface area contributed by atoms with Crippen molar-refractivity contribution in [2.45, 2.75) is 16.7 Å². The molecular formula is C16H15N3O5S2. The standard InChI is InChI=1S/C16H15N3O5S2/c1-10-8-16(20)18-15-7-6-13(9-14(10)15)26(23,24)19-11-2-4-12(5-3-11)25(17,21)22/h2-9,19H,1H3,(H,18,20)(H2,17,21,22). The number of benzene rings is 2. The molecule has 0 spiro atoms. The number of anilines is 1. The summed E-state index contributed by atoms with van der Waals surface area (Å²) >= 11 is 0. The topological polar surface area (TPSA) is 139 Å². The number of pyridine rings is 1. The molecule has 2 aromatic carbocycles. The summed E-state index contributed by atoms with van der Waals surface area (Å²) in [5, 5.41) is 5.62. The summed E-state index contributed by atoms with van der Waals surface area (Å²) in [5.74, 6) is 0. The summed E-state index contributed by atoms with van der Waals surface area (Å²) < 4.78 is 50.0. The Labute approximate surface area is 149 Å². The van der Waals surface area contributed by atoms with Crippen LogP contribution in [0.15, 0.2) is 63.1 Å². The molecular weight excluding hydrogens is 378 g/mol. The Bertz CT molecular complexity index is 1260. The summed E-state index contributed by atoms with van der Waals surface area (Å²) in [6.45, 7) is 1.72. The van der Waals surface area contributed by atoms with Gasteiger partial charge in [-0.05, 0) is 55.0 Å². The lowest BCUT2D eigenvalue weighted by atomic mass is 10.1. The molecule has 3 rings (SSSR count). The van der Waals surface area contributed by atoms with Crippen LogP contribution >= 0.6 is 0 Å². The molecule has 0 bridgehead atoms. The minimum absolute atomic E-state index is 0.00988. The number of sulfonamides is 2. The first-order valence-corrected chi connectivity index (χ1v) is 10.4. The van der Waals surface area contributed by atoms with E-state index < -0.39 is 20.0 Å². The molecule has 1 aromatic heterocycles. The second-order valence-electron chi connectivity index (χ2n) is 5.70. The van der Waals surface area contributed by atoms with E-state index >= 15 is 0 Å². The zero-order chi connectivity index (χ0) is 19.1. The fourth-order valence-electron chi connectivity index (χ4n) is 2.50. The maximum Gasteiger partial charge on any atom is 0.261 e. The number of hydrogen-bond donors (Lipinski definition) is 3. The number of rotatable bonds is 4. The molecule has 0 aliphatic carbocycles. The lowest BCUT2D eigenvalue weighted by molar-refractivity contribution is 0.597. The van der Waals surface area contributed by atoms with Gasteiger partial charge in [0, 0.05) is 22.7 Å². The molecule has 0 saturated heterocycles. The van der Waals surface area contributed by atoms with Crippen molar-refractivity contribution in [1.82, 2.24) is 4.98 Å². The monoisotopic (exact) mass is 393 g/mol. The van der Waals surface area contributed by atoms with Crippen molar-refractivity contribution in [1.29, 1.82) is 0 Å². The summed E-state index contributed by atoms with van der Waals surface area (Å²) in [5.41, 5.74) is 1.11. The Morgan fingerprint density at radius 2 is 1.54 bits per heavy atom. The number of aromatic nitrogens is 1. The third kappa shape index (κ3) is 3.62. The Morgan fingerprint density at radius 1 is 0.923 bits per heavy atom. The highest BCUT2D eigenvalue weighted by atomic mass is 32.2. The van der Waals surface area contributed by atoms with Crippen molar-refractivity contribution in [3.05, 3.63) is 64.4 Å². The van der Waals surface area contributed by atoms with Gasteiger partial charge in [-0.25, -0.2) is 22.0 Å². The maximum atomic E-state index is 12.6. The maximum absolute atomic E-state index is 12.6. The number of fused-ring (bicyclic) bond motifs is 1. The summed E-state index contributed by atoms with van der Waals surface area (Å²) in [6, 6.07) is 10.8. The SMILES string of the molecule is Cc1cc(=O)[nH]c2ccc(S(=O)(=O)Nc3ccc(S(N)(=O)=O)cc3)cc12. The van der Waals surface area contributed by atoms with Gasteiger partial charge in [0.15, 0.2) is 0 Å². The van der Waals surface area contributed by atoms with Crippen molar-refractivity contribution in [2.24, 2.45) is 5.14 Å². The molecule has 0 radical (unpaired) electrons. The fourth-order valence-corrected chi connectivity index (χ4v) is 4.10. The molecule has 0 saturated carbocycles. The van der Waals surface area contributed by atoms with Crippen LogP contribution in [0, 0.1) is 6.92 Å². The molecule has 1 heterocycles. The number of primary sulfonamides is 1. The number of H-pyrrole nitrogens is 1. The lowest BCUT2D eigenvalue weighted by Crippen LogP contribution is -2.14. The average Bonchev–Trinajstić information content (AvgIpc) is 2.53. The number of aryl methyl sites for hydroxylation is 1. The summed E-state index contributed by atoms with van der Waals surface area (Å²) in [7, 11) is -7.76. The Balaban J connectivity index is 1.98. The normalized spacial score (nSPS) is 12.2. The number of hydrogen-bond acceptors (Lipinski definition) is 5. The predicted octanol–water partition coefficient (Wildman–Crippen LogP) is 1.28. The third-order valence-electron chi connectivity index (χ3n) is 3.77. The van der Waals surface area contributed by atoms with Crippen molar-refractivity contribution >= 4 is 36.6 Å². The van der Waals surface area contributed by atoms with Gasteiger partial charge in [-0.3, -0.25) is 9.52 Å². The van der Waals surface area contributed by atoms with E-state index in [1.54, 1.807) is 6.92 Å². The van der Waals surface area contributed by atoms with E-state index in [1.165, 1.54) is 48.5 Å². The average molecular weight is 393 g/mol. The Kier molecular flexibility index (Phi) is 4.34. The highest BCUT2D eigenvalue weighted by molar-refractivity contribution is 7.92. The molecule has 26 heavy (non-hydrogen) atoms. The largest absolute Gasteiger partial charge is 0.322 e. The molecule has 10 heteroatoms. The quantitative estimate of drug-likeness (QED) is 0.613. The van der Waals surface area contributed by atoms with Crippen LogP contribution in [-0.4, -0.2) is 21.8 Å². The van der Waals surface area contributed by atoms with Crippen molar-refractivity contribution in [2.75, 3.05) is 4.72 Å². The molecule has 0 amide bonds. The zero-order valence-electron chi connectivity index (χ0n) is 13.6. The zero-order valence-corrected chi connectivity index (χ0v) is 15.2. The minimum Gasteiger partial charge on any atom is -0.322 e. The van der Waals surface area contributed by atoms with Crippen molar-refractivity contribution < 1.29 is 16.8 Å². The molecule has 8 nitrogen and oxygen atoms in total. The smallest absolute Gasteiger partial charge is 0.261 e. The van der Waals surface area contributed by atoms with E-state index in [-0.39, 0.29) is 21.0 Å². The molecule has 0 unspecified atom stereocenters. The van der Waals surface area contributed by atoms with Gasteiger partial charge >= 0.3 is 0 Å². The van der Waals surface area contributed by atoms with Gasteiger partial charge in [0.25, 0.3) is 10.0 Å². The van der Waals surface area contributed by atoms with E-state index in [0.29, 0.717) is 16.5 Å². The van der Waals surface area contributed by atoms with E-state index in [4.69, 9.17) is 5.14 Å². The van der Waals surface area contributed by atoms with Crippen LogP contribution in [0.5, 0.6) is 0 Å². The van der Waals surface area contributed by atoms with Crippen LogP contribution in [-0.2, 0) is 20.0 Å². The van der Waals surface area contributed by atoms with Crippen molar-refractivity contribution in [3.8, 4) is 0 Å². The number of aromatic amines is 1. The van der Waals surface area contributed by atoms with Gasteiger partial charge in [0.1, 0.15) is 0 Å². The van der Waals surface area contributed by atoms with E-state index in [9.17, 15) is 21.6 Å². The first kappa shape index (κ1) is 18.1. The first-order valence-electron chi connectivity index (χ1n) is 7.36. The van der Waals surface area contributed by atoms with Crippen molar-refractivity contribution in [3.63, 3.8) is 0 Å². The molecule has 136 valence electrons. The summed E-state index contributed by atoms with van der Waals surface area (Å²) in [6.07, 6.45) is 0. The molecule has 0 atom stereocenters. The van der Waals surface area contributed by atoms with Crippen LogP contribution in [0.1, 0.15) is 5.56 Å². The Morgan fingerprint density at radius 3 is 2.15 bits per heavy atom. The van der Waals surface area contributed by atoms with Gasteiger partial charge in [-0.1, -0.05) is 0 Å². The van der Waals surface area contributed by atoms with Gasteiger partial charge in [-0.2, -0.15) is 0 Å². The predicted molar refractivity (Wildman–Crippen MR) is 97.9 cm³/mol. The van der Waals surface area contributed by atoms with E-state index in [0.717, 1.165) is 0 Å². The second-order valence-corrected chi connectivity index (χ2v) is 8.94. The molecule has 0 fully saturated rings. The number of nitrogens with two attached hydrogens (primary N) is 1. The van der Waals surface area contributed by atoms with Crippen LogP contribution < -0.4 is 15.4 Å². The Hall–Kier alpha value is -2.69. The molecule has 3 aromatic rings. The first-order chi connectivity index (χ1) is 12.1. The van der Waals surface area contributed by atoms with Crippen LogP contribution in [0.3, 0.4) is 0 Å². The van der Waals surface area contributed by atoms with Gasteiger partial charge < -0.3 is 4.98 Å². The number of nitrogens with one attached hydrogen (secondary N) is 2. The highest BCUT2D eigenvalue weighted by Crippen LogP contribution is 2.22. The van der Waals surface area contributed by atoms with Gasteiger partial charge in [0.05, 0.1) is 9.79 Å². The highest BCUT2D eigenvalue weighted by Gasteiger charge is 2.16. The van der Waals surface area contributed by atoms with Crippen LogP contribution in [0.4, 0.5) is 5.69 Å². The third-order valence-corrected chi connectivity index (χ3v) is 6.07. The van der Waals surface area contributed by atoms with E-state index in [1.807, 2.05) is 0 Å².